The Bertz CT molecular complexity index is 858. The van der Waals surface area contributed by atoms with E-state index in [4.69, 9.17) is 0 Å². The molecule has 1 fully saturated rings. The molecule has 0 aliphatic carbocycles. The first-order valence-electron chi connectivity index (χ1n) is 8.64. The zero-order valence-electron chi connectivity index (χ0n) is 14.0. The fourth-order valence-electron chi connectivity index (χ4n) is 3.65. The van der Waals surface area contributed by atoms with Gasteiger partial charge in [-0.05, 0) is 55.5 Å². The molecule has 1 saturated heterocycles. The predicted molar refractivity (Wildman–Crippen MR) is 97.4 cm³/mol. The van der Waals surface area contributed by atoms with Crippen molar-refractivity contribution >= 4 is 16.8 Å². The lowest BCUT2D eigenvalue weighted by Gasteiger charge is -2.31. The van der Waals surface area contributed by atoms with E-state index in [-0.39, 0.29) is 5.91 Å². The largest absolute Gasteiger partial charge is 0.358 e. The van der Waals surface area contributed by atoms with E-state index in [1.54, 1.807) is 0 Å². The van der Waals surface area contributed by atoms with Gasteiger partial charge in [0.05, 0.1) is 0 Å². The number of fused-ring (bicyclic) bond motifs is 1. The first-order chi connectivity index (χ1) is 11.7. The van der Waals surface area contributed by atoms with E-state index in [9.17, 15) is 4.79 Å². The number of piperidine rings is 1. The van der Waals surface area contributed by atoms with Crippen LogP contribution in [0.5, 0.6) is 0 Å². The minimum atomic E-state index is 0.154. The number of hydrogen-bond donors (Lipinski definition) is 1. The maximum atomic E-state index is 12.5. The van der Waals surface area contributed by atoms with E-state index >= 15 is 0 Å². The molecule has 3 nitrogen and oxygen atoms in total. The fourth-order valence-corrected chi connectivity index (χ4v) is 3.65. The normalized spacial score (nSPS) is 15.8. The molecule has 0 bridgehead atoms. The van der Waals surface area contributed by atoms with Crippen LogP contribution in [0, 0.1) is 6.92 Å². The number of hydrogen-bond acceptors (Lipinski definition) is 1. The van der Waals surface area contributed by atoms with Crippen molar-refractivity contribution in [1.29, 1.82) is 0 Å². The van der Waals surface area contributed by atoms with Crippen LogP contribution in [-0.2, 0) is 0 Å². The van der Waals surface area contributed by atoms with E-state index in [0.717, 1.165) is 31.5 Å². The van der Waals surface area contributed by atoms with Gasteiger partial charge in [0.25, 0.3) is 5.91 Å². The Balaban J connectivity index is 1.46. The summed E-state index contributed by atoms with van der Waals surface area (Å²) < 4.78 is 0. The van der Waals surface area contributed by atoms with Crippen molar-refractivity contribution in [3.63, 3.8) is 0 Å². The Kier molecular flexibility index (Phi) is 3.85. The van der Waals surface area contributed by atoms with Crippen LogP contribution < -0.4 is 0 Å². The molecule has 0 saturated carbocycles. The number of carbonyl (C=O) groups is 1. The number of amides is 1. The molecule has 2 heterocycles. The Hall–Kier alpha value is -2.55. The van der Waals surface area contributed by atoms with E-state index < -0.39 is 0 Å². The van der Waals surface area contributed by atoms with E-state index in [1.807, 2.05) is 35.2 Å². The molecule has 1 aromatic heterocycles. The third kappa shape index (κ3) is 2.82. The topological polar surface area (TPSA) is 36.1 Å². The quantitative estimate of drug-likeness (QED) is 0.742. The summed E-state index contributed by atoms with van der Waals surface area (Å²) in [5.74, 6) is 0.666. The van der Waals surface area contributed by atoms with Crippen LogP contribution >= 0.6 is 0 Å². The van der Waals surface area contributed by atoms with Crippen LogP contribution in [0.3, 0.4) is 0 Å². The van der Waals surface area contributed by atoms with Gasteiger partial charge in [0, 0.05) is 35.8 Å². The minimum Gasteiger partial charge on any atom is -0.358 e. The molecule has 0 atom stereocenters. The highest BCUT2D eigenvalue weighted by molar-refractivity contribution is 5.94. The van der Waals surface area contributed by atoms with Gasteiger partial charge in [0.15, 0.2) is 0 Å². The summed E-state index contributed by atoms with van der Waals surface area (Å²) in [6.07, 6.45) is 2.04. The maximum absolute atomic E-state index is 12.5. The number of aromatic amines is 1. The number of aryl methyl sites for hydroxylation is 1. The lowest BCUT2D eigenvalue weighted by molar-refractivity contribution is 0.0712. The standard InChI is InChI=1S/C21H22N2O/c1-15-7-8-19-18(13-15)14-20(22-19)16-9-11-23(12-10-16)21(24)17-5-3-2-4-6-17/h2-8,13-14,16,22H,9-12H2,1H3. The SMILES string of the molecule is Cc1ccc2[nH]c(C3CCN(C(=O)c4ccccc4)CC3)cc2c1. The summed E-state index contributed by atoms with van der Waals surface area (Å²) in [5, 5.41) is 1.28. The first-order valence-corrected chi connectivity index (χ1v) is 8.64. The monoisotopic (exact) mass is 318 g/mol. The van der Waals surface area contributed by atoms with Gasteiger partial charge in [-0.2, -0.15) is 0 Å². The molecular formula is C21H22N2O. The minimum absolute atomic E-state index is 0.154. The molecule has 24 heavy (non-hydrogen) atoms. The van der Waals surface area contributed by atoms with Crippen LogP contribution in [0.4, 0.5) is 0 Å². The summed E-state index contributed by atoms with van der Waals surface area (Å²) in [4.78, 5) is 18.1. The van der Waals surface area contributed by atoms with Gasteiger partial charge in [-0.3, -0.25) is 4.79 Å². The molecule has 3 heteroatoms. The molecule has 0 radical (unpaired) electrons. The van der Waals surface area contributed by atoms with Crippen molar-refractivity contribution < 1.29 is 4.79 Å². The van der Waals surface area contributed by atoms with Gasteiger partial charge in [-0.15, -0.1) is 0 Å². The second-order valence-electron chi connectivity index (χ2n) is 6.75. The summed E-state index contributed by atoms with van der Waals surface area (Å²) in [5.41, 5.74) is 4.59. The smallest absolute Gasteiger partial charge is 0.253 e. The first kappa shape index (κ1) is 15.0. The Morgan fingerprint density at radius 2 is 1.79 bits per heavy atom. The molecule has 0 unspecified atom stereocenters. The number of rotatable bonds is 2. The number of nitrogens with one attached hydrogen (secondary N) is 1. The fraction of sp³-hybridized carbons (Fsp3) is 0.286. The van der Waals surface area contributed by atoms with Crippen LogP contribution in [0.15, 0.2) is 54.6 Å². The maximum Gasteiger partial charge on any atom is 0.253 e. The highest BCUT2D eigenvalue weighted by atomic mass is 16.2. The van der Waals surface area contributed by atoms with Crippen molar-refractivity contribution in [2.75, 3.05) is 13.1 Å². The molecule has 0 spiro atoms. The number of H-pyrrole nitrogens is 1. The third-order valence-corrected chi connectivity index (χ3v) is 5.04. The molecule has 1 aliphatic rings. The Morgan fingerprint density at radius 1 is 1.04 bits per heavy atom. The van der Waals surface area contributed by atoms with E-state index in [1.165, 1.54) is 22.2 Å². The van der Waals surface area contributed by atoms with Crippen molar-refractivity contribution in [1.82, 2.24) is 9.88 Å². The number of aromatic nitrogens is 1. The van der Waals surface area contributed by atoms with Crippen LogP contribution in [-0.4, -0.2) is 28.9 Å². The van der Waals surface area contributed by atoms with Gasteiger partial charge in [0.1, 0.15) is 0 Å². The zero-order chi connectivity index (χ0) is 16.5. The lowest BCUT2D eigenvalue weighted by atomic mass is 9.93. The van der Waals surface area contributed by atoms with Gasteiger partial charge in [0.2, 0.25) is 0 Å². The summed E-state index contributed by atoms with van der Waals surface area (Å²) in [7, 11) is 0. The average Bonchev–Trinajstić information content (AvgIpc) is 3.05. The second kappa shape index (κ2) is 6.16. The van der Waals surface area contributed by atoms with Crippen molar-refractivity contribution in [3.05, 3.63) is 71.4 Å². The third-order valence-electron chi connectivity index (χ3n) is 5.04. The number of carbonyl (C=O) groups excluding carboxylic acids is 1. The lowest BCUT2D eigenvalue weighted by Crippen LogP contribution is -2.37. The summed E-state index contributed by atoms with van der Waals surface area (Å²) in [6, 6.07) is 18.4. The molecular weight excluding hydrogens is 296 g/mol. The van der Waals surface area contributed by atoms with Crippen LogP contribution in [0.2, 0.25) is 0 Å². The average molecular weight is 318 g/mol. The summed E-state index contributed by atoms with van der Waals surface area (Å²) in [6.45, 7) is 3.78. The van der Waals surface area contributed by atoms with Gasteiger partial charge >= 0.3 is 0 Å². The van der Waals surface area contributed by atoms with Gasteiger partial charge in [-0.25, -0.2) is 0 Å². The van der Waals surface area contributed by atoms with Crippen LogP contribution in [0.1, 0.15) is 40.4 Å². The molecule has 1 N–H and O–H groups in total. The van der Waals surface area contributed by atoms with Crippen molar-refractivity contribution in [2.24, 2.45) is 0 Å². The number of benzene rings is 2. The number of likely N-dealkylation sites (tertiary alicyclic amines) is 1. The highest BCUT2D eigenvalue weighted by Gasteiger charge is 2.25. The summed E-state index contributed by atoms with van der Waals surface area (Å²) >= 11 is 0. The van der Waals surface area contributed by atoms with E-state index in [2.05, 4.69) is 36.2 Å². The Labute approximate surface area is 142 Å². The molecule has 1 amide bonds. The highest BCUT2D eigenvalue weighted by Crippen LogP contribution is 2.30. The van der Waals surface area contributed by atoms with Crippen molar-refractivity contribution in [2.45, 2.75) is 25.7 Å². The molecule has 1 aliphatic heterocycles. The molecule has 3 aromatic rings. The number of nitrogens with zero attached hydrogens (tertiary/aromatic N) is 1. The molecule has 122 valence electrons. The second-order valence-corrected chi connectivity index (χ2v) is 6.75. The predicted octanol–water partition coefficient (Wildman–Crippen LogP) is 4.50. The van der Waals surface area contributed by atoms with E-state index in [0.29, 0.717) is 5.92 Å². The van der Waals surface area contributed by atoms with Crippen molar-refractivity contribution in [3.8, 4) is 0 Å². The van der Waals surface area contributed by atoms with Gasteiger partial charge < -0.3 is 9.88 Å². The zero-order valence-corrected chi connectivity index (χ0v) is 14.0. The Morgan fingerprint density at radius 3 is 2.54 bits per heavy atom. The van der Waals surface area contributed by atoms with Gasteiger partial charge in [-0.1, -0.05) is 29.8 Å². The molecule has 2 aromatic carbocycles. The molecule has 4 rings (SSSR count). The van der Waals surface area contributed by atoms with Crippen LogP contribution in [0.25, 0.3) is 10.9 Å².